The molecular formula is C12H10F3N5O. The second-order valence-corrected chi connectivity index (χ2v) is 4.06. The minimum Gasteiger partial charge on any atom is -0.383 e. The molecule has 110 valence electrons. The third-order valence-corrected chi connectivity index (χ3v) is 2.53. The summed E-state index contributed by atoms with van der Waals surface area (Å²) >= 11 is 0. The predicted molar refractivity (Wildman–Crippen MR) is 70.3 cm³/mol. The van der Waals surface area contributed by atoms with E-state index in [4.69, 9.17) is 11.5 Å². The standard InChI is InChI=1S/C12H10F3N5O/c13-12(14,15)6-2-1-3-7(4-6)19-10(21)8-5-18-11(17)20-9(8)16/h1-5H,(H,19,21)(H4,16,17,18,20). The van der Waals surface area contributed by atoms with Gasteiger partial charge < -0.3 is 16.8 Å². The van der Waals surface area contributed by atoms with Crippen molar-refractivity contribution in [3.63, 3.8) is 0 Å². The zero-order valence-corrected chi connectivity index (χ0v) is 10.5. The van der Waals surface area contributed by atoms with E-state index in [2.05, 4.69) is 15.3 Å². The lowest BCUT2D eigenvalue weighted by atomic mass is 10.2. The number of alkyl halides is 3. The maximum absolute atomic E-state index is 12.6. The molecular weight excluding hydrogens is 287 g/mol. The molecule has 0 fully saturated rings. The van der Waals surface area contributed by atoms with E-state index in [0.717, 1.165) is 18.3 Å². The number of carbonyl (C=O) groups is 1. The maximum atomic E-state index is 12.6. The average Bonchev–Trinajstić information content (AvgIpc) is 2.37. The van der Waals surface area contributed by atoms with E-state index < -0.39 is 17.6 Å². The van der Waals surface area contributed by atoms with Crippen LogP contribution in [0.15, 0.2) is 30.5 Å². The van der Waals surface area contributed by atoms with Crippen LogP contribution in [0.1, 0.15) is 15.9 Å². The molecule has 0 spiro atoms. The van der Waals surface area contributed by atoms with Crippen molar-refractivity contribution >= 4 is 23.4 Å². The highest BCUT2D eigenvalue weighted by Crippen LogP contribution is 2.30. The van der Waals surface area contributed by atoms with Gasteiger partial charge in [-0.15, -0.1) is 0 Å². The molecule has 1 heterocycles. The number of rotatable bonds is 2. The van der Waals surface area contributed by atoms with E-state index in [-0.39, 0.29) is 23.0 Å². The molecule has 0 aliphatic carbocycles. The van der Waals surface area contributed by atoms with Crippen LogP contribution in [0, 0.1) is 0 Å². The Kier molecular flexibility index (Phi) is 3.66. The second kappa shape index (κ2) is 5.27. The summed E-state index contributed by atoms with van der Waals surface area (Å²) in [5.41, 5.74) is 9.81. The Morgan fingerprint density at radius 1 is 1.24 bits per heavy atom. The van der Waals surface area contributed by atoms with Crippen LogP contribution in [0.5, 0.6) is 0 Å². The van der Waals surface area contributed by atoms with Crippen LogP contribution in [0.2, 0.25) is 0 Å². The number of hydrogen-bond acceptors (Lipinski definition) is 5. The fourth-order valence-electron chi connectivity index (χ4n) is 1.56. The molecule has 0 bridgehead atoms. The Bertz CT molecular complexity index is 687. The number of hydrogen-bond donors (Lipinski definition) is 3. The number of nitrogen functional groups attached to an aromatic ring is 2. The zero-order valence-electron chi connectivity index (χ0n) is 10.5. The predicted octanol–water partition coefficient (Wildman–Crippen LogP) is 1.91. The van der Waals surface area contributed by atoms with Crippen molar-refractivity contribution in [2.75, 3.05) is 16.8 Å². The zero-order chi connectivity index (χ0) is 15.6. The highest BCUT2D eigenvalue weighted by Gasteiger charge is 2.30. The Balaban J connectivity index is 2.24. The minimum absolute atomic E-state index is 0.0222. The van der Waals surface area contributed by atoms with Crippen LogP contribution in [-0.4, -0.2) is 15.9 Å². The molecule has 2 rings (SSSR count). The number of anilines is 3. The molecule has 0 aliphatic rings. The van der Waals surface area contributed by atoms with Gasteiger partial charge in [-0.1, -0.05) is 6.07 Å². The number of aromatic nitrogens is 2. The molecule has 6 nitrogen and oxygen atoms in total. The average molecular weight is 297 g/mol. The van der Waals surface area contributed by atoms with Crippen molar-refractivity contribution in [3.05, 3.63) is 41.6 Å². The molecule has 0 saturated carbocycles. The van der Waals surface area contributed by atoms with Gasteiger partial charge in [-0.25, -0.2) is 4.98 Å². The SMILES string of the molecule is Nc1ncc(C(=O)Nc2cccc(C(F)(F)F)c2)c(N)n1. The van der Waals surface area contributed by atoms with Gasteiger partial charge in [-0.2, -0.15) is 18.2 Å². The van der Waals surface area contributed by atoms with E-state index in [1.807, 2.05) is 0 Å². The first-order valence-corrected chi connectivity index (χ1v) is 5.64. The molecule has 0 aliphatic heterocycles. The normalized spacial score (nSPS) is 11.2. The van der Waals surface area contributed by atoms with Crippen LogP contribution >= 0.6 is 0 Å². The lowest BCUT2D eigenvalue weighted by Crippen LogP contribution is -2.16. The fourth-order valence-corrected chi connectivity index (χ4v) is 1.56. The van der Waals surface area contributed by atoms with Crippen molar-refractivity contribution in [2.45, 2.75) is 6.18 Å². The third-order valence-electron chi connectivity index (χ3n) is 2.53. The lowest BCUT2D eigenvalue weighted by Gasteiger charge is -2.10. The number of carbonyl (C=O) groups excluding carboxylic acids is 1. The van der Waals surface area contributed by atoms with Gasteiger partial charge in [0.2, 0.25) is 5.95 Å². The molecule has 5 N–H and O–H groups in total. The Hall–Kier alpha value is -2.84. The minimum atomic E-state index is -4.50. The Labute approximate surface area is 117 Å². The van der Waals surface area contributed by atoms with E-state index in [0.29, 0.717) is 0 Å². The summed E-state index contributed by atoms with van der Waals surface area (Å²) in [4.78, 5) is 19.1. The van der Waals surface area contributed by atoms with Crippen LogP contribution in [0.3, 0.4) is 0 Å². The largest absolute Gasteiger partial charge is 0.416 e. The fraction of sp³-hybridized carbons (Fsp3) is 0.0833. The third kappa shape index (κ3) is 3.38. The first-order valence-electron chi connectivity index (χ1n) is 5.64. The molecule has 9 heteroatoms. The molecule has 0 radical (unpaired) electrons. The smallest absolute Gasteiger partial charge is 0.383 e. The lowest BCUT2D eigenvalue weighted by molar-refractivity contribution is -0.137. The summed E-state index contributed by atoms with van der Waals surface area (Å²) < 4.78 is 37.7. The Morgan fingerprint density at radius 3 is 2.57 bits per heavy atom. The quantitative estimate of drug-likeness (QED) is 0.785. The molecule has 1 aromatic carbocycles. The molecule has 0 atom stereocenters. The maximum Gasteiger partial charge on any atom is 0.416 e. The summed E-state index contributed by atoms with van der Waals surface area (Å²) in [7, 11) is 0. The van der Waals surface area contributed by atoms with Gasteiger partial charge in [0.25, 0.3) is 5.91 Å². The summed E-state index contributed by atoms with van der Waals surface area (Å²) in [6.45, 7) is 0. The van der Waals surface area contributed by atoms with Gasteiger partial charge in [0.15, 0.2) is 0 Å². The van der Waals surface area contributed by atoms with Crippen molar-refractivity contribution in [2.24, 2.45) is 0 Å². The first-order chi connectivity index (χ1) is 9.77. The van der Waals surface area contributed by atoms with E-state index in [1.165, 1.54) is 12.1 Å². The monoisotopic (exact) mass is 297 g/mol. The van der Waals surface area contributed by atoms with Crippen LogP contribution < -0.4 is 16.8 Å². The van der Waals surface area contributed by atoms with Gasteiger partial charge in [-0.05, 0) is 18.2 Å². The second-order valence-electron chi connectivity index (χ2n) is 4.06. The molecule has 2 aromatic rings. The van der Waals surface area contributed by atoms with Gasteiger partial charge in [0.05, 0.1) is 5.56 Å². The van der Waals surface area contributed by atoms with Crippen LogP contribution in [0.25, 0.3) is 0 Å². The van der Waals surface area contributed by atoms with Gasteiger partial charge >= 0.3 is 6.18 Å². The highest BCUT2D eigenvalue weighted by atomic mass is 19.4. The molecule has 21 heavy (non-hydrogen) atoms. The Morgan fingerprint density at radius 2 is 1.95 bits per heavy atom. The van der Waals surface area contributed by atoms with Crippen molar-refractivity contribution < 1.29 is 18.0 Å². The van der Waals surface area contributed by atoms with Crippen LogP contribution in [0.4, 0.5) is 30.6 Å². The number of nitrogens with zero attached hydrogens (tertiary/aromatic N) is 2. The van der Waals surface area contributed by atoms with E-state index in [9.17, 15) is 18.0 Å². The summed E-state index contributed by atoms with van der Waals surface area (Å²) in [6, 6.07) is 4.21. The van der Waals surface area contributed by atoms with Gasteiger partial charge in [0, 0.05) is 11.9 Å². The van der Waals surface area contributed by atoms with Gasteiger partial charge in [-0.3, -0.25) is 4.79 Å². The number of nitrogens with two attached hydrogens (primary N) is 2. The highest BCUT2D eigenvalue weighted by molar-refractivity contribution is 6.07. The van der Waals surface area contributed by atoms with Crippen molar-refractivity contribution in [1.29, 1.82) is 0 Å². The topological polar surface area (TPSA) is 107 Å². The summed E-state index contributed by atoms with van der Waals surface area (Å²) in [6.07, 6.45) is -3.40. The number of nitrogens with one attached hydrogen (secondary N) is 1. The molecule has 1 aromatic heterocycles. The molecule has 0 unspecified atom stereocenters. The van der Waals surface area contributed by atoms with Crippen molar-refractivity contribution in [1.82, 2.24) is 9.97 Å². The van der Waals surface area contributed by atoms with E-state index >= 15 is 0 Å². The van der Waals surface area contributed by atoms with Crippen molar-refractivity contribution in [3.8, 4) is 0 Å². The number of halogens is 3. The summed E-state index contributed by atoms with van der Waals surface area (Å²) in [5.74, 6) is -0.998. The number of amides is 1. The summed E-state index contributed by atoms with van der Waals surface area (Å²) in [5, 5.41) is 2.29. The molecule has 0 saturated heterocycles. The first kappa shape index (κ1) is 14.6. The van der Waals surface area contributed by atoms with Gasteiger partial charge in [0.1, 0.15) is 11.4 Å². The number of benzene rings is 1. The van der Waals surface area contributed by atoms with E-state index in [1.54, 1.807) is 0 Å². The van der Waals surface area contributed by atoms with Crippen LogP contribution in [-0.2, 0) is 6.18 Å². The molecule has 1 amide bonds.